The normalized spacial score (nSPS) is 14.4. The van der Waals surface area contributed by atoms with Crippen molar-refractivity contribution < 1.29 is 34.7 Å². The molecular weight excluding hydrogens is 328 g/mol. The molecule has 7 heteroatoms. The van der Waals surface area contributed by atoms with E-state index < -0.39 is 0 Å². The smallest absolute Gasteiger partial charge is 0.228 e. The first kappa shape index (κ1) is 28.9. The number of unbranched alkanes of at least 4 members (excludes halogenated alkanes) is 2. The number of ketones is 2. The predicted octanol–water partition coefficient (Wildman–Crippen LogP) is 2.55. The lowest BCUT2D eigenvalue weighted by atomic mass is 10.2. The molecule has 0 bridgehead atoms. The molecule has 7 nitrogen and oxygen atoms in total. The lowest BCUT2D eigenvalue weighted by Crippen LogP contribution is -1.98. The molecule has 0 aromatic heterocycles. The van der Waals surface area contributed by atoms with E-state index in [1.54, 1.807) is 13.8 Å². The van der Waals surface area contributed by atoms with Gasteiger partial charge < -0.3 is 24.9 Å². The van der Waals surface area contributed by atoms with Crippen molar-refractivity contribution in [1.82, 2.24) is 0 Å². The van der Waals surface area contributed by atoms with E-state index in [0.29, 0.717) is 6.42 Å². The molecule has 25 heavy (non-hydrogen) atoms. The van der Waals surface area contributed by atoms with Gasteiger partial charge in [-0.15, -0.1) is 0 Å². The fourth-order valence-electron chi connectivity index (χ4n) is 1.12. The quantitative estimate of drug-likeness (QED) is 0.343. The van der Waals surface area contributed by atoms with Crippen molar-refractivity contribution in [3.63, 3.8) is 0 Å². The van der Waals surface area contributed by atoms with Crippen molar-refractivity contribution in [2.75, 3.05) is 13.2 Å². The Kier molecular flexibility index (Phi) is 22.5. The van der Waals surface area contributed by atoms with Crippen LogP contribution in [0, 0.1) is 0 Å². The third-order valence-electron chi connectivity index (χ3n) is 2.38. The Labute approximate surface area is 152 Å². The minimum absolute atomic E-state index is 0.167. The third kappa shape index (κ3) is 51.7. The molecule has 1 fully saturated rings. The number of hydrogen-bond acceptors (Lipinski definition) is 7. The Balaban J connectivity index is -0.000000268. The molecule has 1 unspecified atom stereocenters. The van der Waals surface area contributed by atoms with Crippen LogP contribution in [-0.2, 0) is 19.4 Å². The zero-order valence-electron chi connectivity index (χ0n) is 16.7. The summed E-state index contributed by atoms with van der Waals surface area (Å²) in [6.07, 6.45) is 4.52. The molecule has 1 rings (SSSR count). The lowest BCUT2D eigenvalue weighted by Gasteiger charge is -1.99. The van der Waals surface area contributed by atoms with E-state index in [0.717, 1.165) is 32.1 Å². The number of aliphatic hydroxyl groups excluding tert-OH is 3. The van der Waals surface area contributed by atoms with Crippen LogP contribution >= 0.6 is 0 Å². The van der Waals surface area contributed by atoms with Gasteiger partial charge in [-0.05, 0) is 73.6 Å². The van der Waals surface area contributed by atoms with Crippen molar-refractivity contribution in [1.29, 1.82) is 0 Å². The van der Waals surface area contributed by atoms with Crippen molar-refractivity contribution in [2.45, 2.75) is 92.0 Å². The fourth-order valence-corrected chi connectivity index (χ4v) is 1.12. The first-order chi connectivity index (χ1) is 11.5. The molecule has 152 valence electrons. The summed E-state index contributed by atoms with van der Waals surface area (Å²) in [7, 11) is 0. The Bertz CT molecular complexity index is 305. The monoisotopic (exact) mass is 366 g/mol. The standard InChI is InChI=1S/C6H14O2.C6H12O2.C3H6O2.C3H6O/c2*1-6(8)4-2-3-5-7;1-3(2)4-5-3;1-3(2)4/h6-8H,2-5H2,1H3;7H,2-5H2,1H3;1-2H3;1-2H3. The first-order valence-corrected chi connectivity index (χ1v) is 8.71. The van der Waals surface area contributed by atoms with E-state index in [2.05, 4.69) is 9.78 Å². The minimum atomic E-state index is -0.250. The molecule has 0 radical (unpaired) electrons. The van der Waals surface area contributed by atoms with Crippen LogP contribution in [0.25, 0.3) is 0 Å². The SMILES string of the molecule is CC(=O)CCCCO.CC(C)=O.CC(O)CCCCO.CC1(C)OO1. The van der Waals surface area contributed by atoms with Crippen molar-refractivity contribution in [3.8, 4) is 0 Å². The first-order valence-electron chi connectivity index (χ1n) is 8.71. The molecule has 0 amide bonds. The molecule has 1 aliphatic rings. The summed E-state index contributed by atoms with van der Waals surface area (Å²) in [6.45, 7) is 10.5. The second kappa shape index (κ2) is 19.5. The van der Waals surface area contributed by atoms with Gasteiger partial charge in [-0.2, -0.15) is 9.78 Å². The van der Waals surface area contributed by atoms with E-state index in [-0.39, 0.29) is 36.7 Å². The van der Waals surface area contributed by atoms with E-state index in [1.807, 2.05) is 13.8 Å². The van der Waals surface area contributed by atoms with Crippen molar-refractivity contribution in [3.05, 3.63) is 0 Å². The maximum Gasteiger partial charge on any atom is 0.228 e. The highest BCUT2D eigenvalue weighted by Gasteiger charge is 2.36. The summed E-state index contributed by atoms with van der Waals surface area (Å²) < 4.78 is 0. The van der Waals surface area contributed by atoms with Crippen LogP contribution in [0.2, 0.25) is 0 Å². The summed E-state index contributed by atoms with van der Waals surface area (Å²) in [5.41, 5.74) is 0. The highest BCUT2D eigenvalue weighted by Crippen LogP contribution is 2.26. The summed E-state index contributed by atoms with van der Waals surface area (Å²) >= 11 is 0. The van der Waals surface area contributed by atoms with Gasteiger partial charge in [-0.1, -0.05) is 0 Å². The minimum Gasteiger partial charge on any atom is -0.396 e. The second-order valence-electron chi connectivity index (χ2n) is 6.43. The second-order valence-corrected chi connectivity index (χ2v) is 6.43. The van der Waals surface area contributed by atoms with Gasteiger partial charge in [0.2, 0.25) is 5.79 Å². The zero-order chi connectivity index (χ0) is 20.3. The molecule has 0 aliphatic carbocycles. The number of hydrogen-bond donors (Lipinski definition) is 3. The topological polar surface area (TPSA) is 120 Å². The van der Waals surface area contributed by atoms with Gasteiger partial charge in [0.15, 0.2) is 0 Å². The van der Waals surface area contributed by atoms with Crippen LogP contribution in [0.15, 0.2) is 0 Å². The number of rotatable bonds is 8. The van der Waals surface area contributed by atoms with E-state index in [1.165, 1.54) is 13.8 Å². The number of carbonyl (C=O) groups excluding carboxylic acids is 2. The van der Waals surface area contributed by atoms with Gasteiger partial charge >= 0.3 is 0 Å². The zero-order valence-corrected chi connectivity index (χ0v) is 16.7. The summed E-state index contributed by atoms with van der Waals surface area (Å²) in [6, 6.07) is 0. The Morgan fingerprint density at radius 3 is 1.52 bits per heavy atom. The van der Waals surface area contributed by atoms with E-state index >= 15 is 0 Å². The predicted molar refractivity (Wildman–Crippen MR) is 96.8 cm³/mol. The highest BCUT2D eigenvalue weighted by atomic mass is 17.4. The Hall–Kier alpha value is -0.860. The van der Waals surface area contributed by atoms with Gasteiger partial charge in [-0.25, -0.2) is 0 Å². The van der Waals surface area contributed by atoms with Crippen LogP contribution in [-0.4, -0.2) is 52.0 Å². The van der Waals surface area contributed by atoms with Gasteiger partial charge in [0.1, 0.15) is 11.6 Å². The highest BCUT2D eigenvalue weighted by molar-refractivity contribution is 5.75. The summed E-state index contributed by atoms with van der Waals surface area (Å²) in [4.78, 5) is 28.5. The Morgan fingerprint density at radius 2 is 1.28 bits per heavy atom. The number of carbonyl (C=O) groups is 2. The van der Waals surface area contributed by atoms with Gasteiger partial charge in [0.05, 0.1) is 6.10 Å². The van der Waals surface area contributed by atoms with Crippen LogP contribution in [0.1, 0.15) is 80.1 Å². The lowest BCUT2D eigenvalue weighted by molar-refractivity contribution is -0.117. The molecule has 0 aromatic carbocycles. The maximum absolute atomic E-state index is 10.2. The molecule has 0 spiro atoms. The third-order valence-corrected chi connectivity index (χ3v) is 2.38. The van der Waals surface area contributed by atoms with Crippen LogP contribution in [0.4, 0.5) is 0 Å². The molecule has 0 saturated carbocycles. The van der Waals surface area contributed by atoms with Crippen molar-refractivity contribution in [2.24, 2.45) is 0 Å². The summed E-state index contributed by atoms with van der Waals surface area (Å²) in [5.74, 6) is 0.124. The maximum atomic E-state index is 10.2. The molecule has 1 heterocycles. The molecule has 1 saturated heterocycles. The fraction of sp³-hybridized carbons (Fsp3) is 0.889. The van der Waals surface area contributed by atoms with Gasteiger partial charge in [-0.3, -0.25) is 0 Å². The van der Waals surface area contributed by atoms with Crippen molar-refractivity contribution >= 4 is 11.6 Å². The van der Waals surface area contributed by atoms with Gasteiger partial charge in [0.25, 0.3) is 0 Å². The molecular formula is C18H38O7. The number of aliphatic hydroxyl groups is 3. The molecule has 0 aromatic rings. The van der Waals surface area contributed by atoms with Crippen LogP contribution in [0.5, 0.6) is 0 Å². The average molecular weight is 366 g/mol. The molecule has 1 atom stereocenters. The average Bonchev–Trinajstić information content (AvgIpc) is 3.14. The summed E-state index contributed by atoms with van der Waals surface area (Å²) in [5, 5.41) is 25.3. The molecule has 1 aliphatic heterocycles. The largest absolute Gasteiger partial charge is 0.396 e. The number of Topliss-reactive ketones (excluding diaryl/α,β-unsaturated/α-hetero) is 2. The van der Waals surface area contributed by atoms with E-state index in [9.17, 15) is 9.59 Å². The molecule has 3 N–H and O–H groups in total. The van der Waals surface area contributed by atoms with E-state index in [4.69, 9.17) is 15.3 Å². The van der Waals surface area contributed by atoms with Crippen LogP contribution in [0.3, 0.4) is 0 Å². The van der Waals surface area contributed by atoms with Gasteiger partial charge in [0, 0.05) is 19.6 Å². The van der Waals surface area contributed by atoms with Crippen LogP contribution < -0.4 is 0 Å². The Morgan fingerprint density at radius 1 is 0.920 bits per heavy atom.